The molecule has 1 aliphatic heterocycles. The molecule has 0 saturated carbocycles. The van der Waals surface area contributed by atoms with Crippen molar-refractivity contribution in [2.24, 2.45) is 0 Å². The number of hydrogen-bond acceptors (Lipinski definition) is 6. The first kappa shape index (κ1) is 21.8. The van der Waals surface area contributed by atoms with Crippen molar-refractivity contribution in [2.75, 3.05) is 26.3 Å². The number of rotatable bonds is 6. The number of benzene rings is 1. The van der Waals surface area contributed by atoms with Crippen LogP contribution in [0.1, 0.15) is 46.2 Å². The smallest absolute Gasteiger partial charge is 0.323 e. The van der Waals surface area contributed by atoms with E-state index in [0.29, 0.717) is 26.3 Å². The van der Waals surface area contributed by atoms with Gasteiger partial charge in [-0.05, 0) is 52.3 Å². The van der Waals surface area contributed by atoms with Crippen LogP contribution < -0.4 is 5.32 Å². The minimum absolute atomic E-state index is 0.215. The second-order valence-corrected chi connectivity index (χ2v) is 9.67. The van der Waals surface area contributed by atoms with Crippen molar-refractivity contribution >= 4 is 16.0 Å². The van der Waals surface area contributed by atoms with Gasteiger partial charge < -0.3 is 9.47 Å². The lowest BCUT2D eigenvalue weighted by Gasteiger charge is -2.27. The van der Waals surface area contributed by atoms with Crippen molar-refractivity contribution in [1.29, 1.82) is 0 Å². The van der Waals surface area contributed by atoms with Crippen LogP contribution in [0.4, 0.5) is 0 Å². The summed E-state index contributed by atoms with van der Waals surface area (Å²) >= 11 is 0. The van der Waals surface area contributed by atoms with Crippen LogP contribution in [0.2, 0.25) is 0 Å². The third-order valence-electron chi connectivity index (χ3n) is 4.23. The average molecular weight is 399 g/mol. The van der Waals surface area contributed by atoms with Crippen LogP contribution in [-0.4, -0.2) is 56.6 Å². The summed E-state index contributed by atoms with van der Waals surface area (Å²) in [6.45, 7) is 10.6. The van der Waals surface area contributed by atoms with Crippen molar-refractivity contribution in [3.63, 3.8) is 0 Å². The Bertz CT molecular complexity index is 752. The molecule has 1 aromatic rings. The largest absolute Gasteiger partial charge is 0.459 e. The summed E-state index contributed by atoms with van der Waals surface area (Å²) in [4.78, 5) is 12.4. The van der Waals surface area contributed by atoms with E-state index in [1.165, 1.54) is 4.31 Å². The summed E-state index contributed by atoms with van der Waals surface area (Å²) in [7, 11) is -3.55. The Morgan fingerprint density at radius 3 is 2.44 bits per heavy atom. The molecule has 1 N–H and O–H groups in total. The molecule has 0 radical (unpaired) electrons. The van der Waals surface area contributed by atoms with Crippen LogP contribution in [0.15, 0.2) is 29.2 Å². The van der Waals surface area contributed by atoms with Crippen LogP contribution in [0, 0.1) is 0 Å². The average Bonchev–Trinajstić information content (AvgIpc) is 2.61. The second kappa shape index (κ2) is 8.68. The summed E-state index contributed by atoms with van der Waals surface area (Å²) in [6, 6.07) is 6.09. The molecule has 0 spiro atoms. The molecule has 27 heavy (non-hydrogen) atoms. The molecule has 8 heteroatoms. The van der Waals surface area contributed by atoms with Gasteiger partial charge in [-0.15, -0.1) is 0 Å². The van der Waals surface area contributed by atoms with E-state index in [-0.39, 0.29) is 16.9 Å². The van der Waals surface area contributed by atoms with E-state index >= 15 is 0 Å². The van der Waals surface area contributed by atoms with Crippen molar-refractivity contribution in [1.82, 2.24) is 9.62 Å². The molecule has 0 bridgehead atoms. The third kappa shape index (κ3) is 6.00. The number of morpholine rings is 1. The molecule has 1 heterocycles. The summed E-state index contributed by atoms with van der Waals surface area (Å²) < 4.78 is 37.7. The molecule has 1 aromatic carbocycles. The van der Waals surface area contributed by atoms with Gasteiger partial charge in [0.2, 0.25) is 10.0 Å². The predicted octanol–water partition coefficient (Wildman–Crippen LogP) is 2.09. The quantitative estimate of drug-likeness (QED) is 0.739. The fourth-order valence-electron chi connectivity index (χ4n) is 2.81. The fraction of sp³-hybridized carbons (Fsp3) is 0.632. The van der Waals surface area contributed by atoms with Crippen molar-refractivity contribution in [3.8, 4) is 0 Å². The number of carbonyl (C=O) groups is 1. The monoisotopic (exact) mass is 398 g/mol. The van der Waals surface area contributed by atoms with Gasteiger partial charge in [-0.25, -0.2) is 8.42 Å². The Morgan fingerprint density at radius 2 is 1.85 bits per heavy atom. The minimum Gasteiger partial charge on any atom is -0.459 e. The number of ether oxygens (including phenoxy) is 2. The molecule has 0 amide bonds. The van der Waals surface area contributed by atoms with E-state index in [9.17, 15) is 13.2 Å². The lowest BCUT2D eigenvalue weighted by molar-refractivity contribution is -0.157. The van der Waals surface area contributed by atoms with Gasteiger partial charge in [0.15, 0.2) is 0 Å². The fourth-order valence-corrected chi connectivity index (χ4v) is 4.27. The Labute approximate surface area is 162 Å². The number of carbonyl (C=O) groups excluding carboxylic acids is 1. The van der Waals surface area contributed by atoms with Crippen molar-refractivity contribution in [2.45, 2.75) is 57.2 Å². The molecule has 1 saturated heterocycles. The molecule has 0 aromatic heterocycles. The first-order valence-corrected chi connectivity index (χ1v) is 10.6. The van der Waals surface area contributed by atoms with Gasteiger partial charge in [0.25, 0.3) is 0 Å². The van der Waals surface area contributed by atoms with Crippen LogP contribution >= 0.6 is 0 Å². The molecule has 2 rings (SSSR count). The first-order valence-electron chi connectivity index (χ1n) is 9.17. The zero-order chi connectivity index (χ0) is 20.2. The number of sulfonamides is 1. The van der Waals surface area contributed by atoms with Gasteiger partial charge in [-0.3, -0.25) is 10.1 Å². The highest BCUT2D eigenvalue weighted by Gasteiger charge is 2.27. The zero-order valence-electron chi connectivity index (χ0n) is 16.7. The molecule has 1 aliphatic rings. The standard InChI is InChI=1S/C19H30N2O5S/c1-14(20-15(2)18(22)26-19(3,4)5)16-7-6-8-17(13-16)27(23,24)21-9-11-25-12-10-21/h6-8,13-15,20H,9-12H2,1-5H3/t14?,15-/m1/s1. The Morgan fingerprint density at radius 1 is 1.22 bits per heavy atom. The number of esters is 1. The zero-order valence-corrected chi connectivity index (χ0v) is 17.5. The van der Waals surface area contributed by atoms with Crippen LogP contribution in [-0.2, 0) is 24.3 Å². The van der Waals surface area contributed by atoms with E-state index in [4.69, 9.17) is 9.47 Å². The molecular formula is C19H30N2O5S. The second-order valence-electron chi connectivity index (χ2n) is 7.73. The van der Waals surface area contributed by atoms with E-state index in [2.05, 4.69) is 5.32 Å². The van der Waals surface area contributed by atoms with Crippen LogP contribution in [0.25, 0.3) is 0 Å². The maximum atomic E-state index is 12.8. The summed E-state index contributed by atoms with van der Waals surface area (Å²) in [5.41, 5.74) is 0.238. The Kier molecular flexibility index (Phi) is 7.02. The molecular weight excluding hydrogens is 368 g/mol. The lowest BCUT2D eigenvalue weighted by Crippen LogP contribution is -2.41. The normalized spacial score (nSPS) is 18.7. The van der Waals surface area contributed by atoms with Gasteiger partial charge >= 0.3 is 5.97 Å². The number of hydrogen-bond donors (Lipinski definition) is 1. The Hall–Kier alpha value is -1.48. The first-order chi connectivity index (χ1) is 12.5. The molecule has 1 fully saturated rings. The van der Waals surface area contributed by atoms with Gasteiger partial charge in [0.1, 0.15) is 11.6 Å². The summed E-state index contributed by atoms with van der Waals surface area (Å²) in [5.74, 6) is -0.341. The SMILES string of the molecule is CC(N[C@H](C)C(=O)OC(C)(C)C)c1cccc(S(=O)(=O)N2CCOCC2)c1. The van der Waals surface area contributed by atoms with Crippen molar-refractivity contribution in [3.05, 3.63) is 29.8 Å². The van der Waals surface area contributed by atoms with E-state index in [1.54, 1.807) is 25.1 Å². The Balaban J connectivity index is 2.11. The molecule has 1 unspecified atom stereocenters. The molecule has 7 nitrogen and oxygen atoms in total. The van der Waals surface area contributed by atoms with Gasteiger partial charge in [-0.2, -0.15) is 4.31 Å². The summed E-state index contributed by atoms with van der Waals surface area (Å²) in [6.07, 6.45) is 0. The number of nitrogens with one attached hydrogen (secondary N) is 1. The van der Waals surface area contributed by atoms with Crippen LogP contribution in [0.5, 0.6) is 0 Å². The highest BCUT2D eigenvalue weighted by atomic mass is 32.2. The van der Waals surface area contributed by atoms with E-state index in [0.717, 1.165) is 5.56 Å². The third-order valence-corrected chi connectivity index (χ3v) is 6.12. The van der Waals surface area contributed by atoms with Gasteiger partial charge in [-0.1, -0.05) is 12.1 Å². The maximum absolute atomic E-state index is 12.8. The molecule has 152 valence electrons. The van der Waals surface area contributed by atoms with Gasteiger partial charge in [0.05, 0.1) is 18.1 Å². The number of nitrogens with zero attached hydrogens (tertiary/aromatic N) is 1. The van der Waals surface area contributed by atoms with Crippen LogP contribution in [0.3, 0.4) is 0 Å². The molecule has 0 aliphatic carbocycles. The van der Waals surface area contributed by atoms with E-state index < -0.39 is 21.7 Å². The summed E-state index contributed by atoms with van der Waals surface area (Å²) in [5, 5.41) is 3.17. The maximum Gasteiger partial charge on any atom is 0.323 e. The highest BCUT2D eigenvalue weighted by Crippen LogP contribution is 2.22. The predicted molar refractivity (Wildman–Crippen MR) is 103 cm³/mol. The topological polar surface area (TPSA) is 84.9 Å². The van der Waals surface area contributed by atoms with Crippen molar-refractivity contribution < 1.29 is 22.7 Å². The van der Waals surface area contributed by atoms with Gasteiger partial charge in [0, 0.05) is 19.1 Å². The lowest BCUT2D eigenvalue weighted by atomic mass is 10.1. The van der Waals surface area contributed by atoms with E-state index in [1.807, 2.05) is 33.8 Å². The molecule has 2 atom stereocenters. The highest BCUT2D eigenvalue weighted by molar-refractivity contribution is 7.89. The minimum atomic E-state index is -3.55.